The van der Waals surface area contributed by atoms with Crippen LogP contribution in [0.15, 0.2) is 78.4 Å². The SMILES string of the molecule is CCOc1cc(C2/C(=C(/O)c3ccccc3)C(=O)C(=O)N2c2ccc(CC)cc2)ccc1OC. The molecule has 0 radical (unpaired) electrons. The topological polar surface area (TPSA) is 76.1 Å². The number of hydrogen-bond donors (Lipinski definition) is 1. The quantitative estimate of drug-likeness (QED) is 0.297. The van der Waals surface area contributed by atoms with Gasteiger partial charge in [0.2, 0.25) is 0 Å². The number of benzene rings is 3. The van der Waals surface area contributed by atoms with Gasteiger partial charge in [0.05, 0.1) is 25.3 Å². The van der Waals surface area contributed by atoms with Crippen LogP contribution in [0, 0.1) is 0 Å². The van der Waals surface area contributed by atoms with Crippen molar-refractivity contribution in [1.82, 2.24) is 0 Å². The van der Waals surface area contributed by atoms with Crippen molar-refractivity contribution in [3.8, 4) is 11.5 Å². The summed E-state index contributed by atoms with van der Waals surface area (Å²) in [6, 6.07) is 20.7. The van der Waals surface area contributed by atoms with Crippen LogP contribution in [0.5, 0.6) is 11.5 Å². The first-order valence-electron chi connectivity index (χ1n) is 11.3. The van der Waals surface area contributed by atoms with Gasteiger partial charge >= 0.3 is 0 Å². The smallest absolute Gasteiger partial charge is 0.300 e. The van der Waals surface area contributed by atoms with Gasteiger partial charge in [0.1, 0.15) is 5.76 Å². The van der Waals surface area contributed by atoms with Crippen LogP contribution in [0.25, 0.3) is 5.76 Å². The molecule has 3 aromatic rings. The number of aliphatic hydroxyl groups excluding tert-OH is 1. The van der Waals surface area contributed by atoms with Gasteiger partial charge in [-0.05, 0) is 48.7 Å². The molecule has 6 nitrogen and oxygen atoms in total. The number of methoxy groups -OCH3 is 1. The maximum absolute atomic E-state index is 13.3. The Morgan fingerprint density at radius 2 is 1.65 bits per heavy atom. The average molecular weight is 458 g/mol. The Hall–Kier alpha value is -4.06. The molecule has 1 N–H and O–H groups in total. The zero-order valence-corrected chi connectivity index (χ0v) is 19.4. The van der Waals surface area contributed by atoms with Crippen LogP contribution in [0.2, 0.25) is 0 Å². The molecule has 4 rings (SSSR count). The number of hydrogen-bond acceptors (Lipinski definition) is 5. The molecule has 0 aromatic heterocycles. The van der Waals surface area contributed by atoms with Gasteiger partial charge in [0, 0.05) is 11.3 Å². The Morgan fingerprint density at radius 1 is 0.941 bits per heavy atom. The van der Waals surface area contributed by atoms with Crippen LogP contribution in [0.1, 0.15) is 36.6 Å². The summed E-state index contributed by atoms with van der Waals surface area (Å²) in [7, 11) is 1.55. The van der Waals surface area contributed by atoms with E-state index in [9.17, 15) is 14.7 Å². The molecule has 3 aromatic carbocycles. The third kappa shape index (κ3) is 4.15. The highest BCUT2D eigenvalue weighted by Crippen LogP contribution is 2.44. The maximum Gasteiger partial charge on any atom is 0.300 e. The number of amides is 1. The van der Waals surface area contributed by atoms with E-state index in [2.05, 4.69) is 0 Å². The van der Waals surface area contributed by atoms with Gasteiger partial charge in [-0.1, -0.05) is 55.5 Å². The molecule has 34 heavy (non-hydrogen) atoms. The van der Waals surface area contributed by atoms with E-state index in [1.165, 1.54) is 4.90 Å². The van der Waals surface area contributed by atoms with E-state index >= 15 is 0 Å². The van der Waals surface area contributed by atoms with Crippen molar-refractivity contribution in [2.24, 2.45) is 0 Å². The van der Waals surface area contributed by atoms with Crippen molar-refractivity contribution in [1.29, 1.82) is 0 Å². The minimum absolute atomic E-state index is 0.0309. The first-order valence-corrected chi connectivity index (χ1v) is 11.3. The molecule has 0 bridgehead atoms. The van der Waals surface area contributed by atoms with Crippen LogP contribution < -0.4 is 14.4 Å². The number of ether oxygens (including phenoxy) is 2. The molecule has 1 saturated heterocycles. The third-order valence-electron chi connectivity index (χ3n) is 5.92. The number of Topliss-reactive ketones (excluding diaryl/α,β-unsaturated/α-hetero) is 1. The summed E-state index contributed by atoms with van der Waals surface area (Å²) in [5.74, 6) is -0.613. The molecule has 0 spiro atoms. The number of carbonyl (C=O) groups excluding carboxylic acids is 2. The second-order valence-corrected chi connectivity index (χ2v) is 7.90. The molecule has 0 aliphatic carbocycles. The number of carbonyl (C=O) groups is 2. The van der Waals surface area contributed by atoms with Gasteiger partial charge in [-0.3, -0.25) is 14.5 Å². The lowest BCUT2D eigenvalue weighted by Gasteiger charge is -2.26. The van der Waals surface area contributed by atoms with Crippen LogP contribution in [0.3, 0.4) is 0 Å². The summed E-state index contributed by atoms with van der Waals surface area (Å²) in [6.45, 7) is 4.33. The van der Waals surface area contributed by atoms with Gasteiger partial charge < -0.3 is 14.6 Å². The highest BCUT2D eigenvalue weighted by Gasteiger charge is 2.47. The van der Waals surface area contributed by atoms with Crippen LogP contribution in [-0.4, -0.2) is 30.5 Å². The Labute approximate surface area is 199 Å². The van der Waals surface area contributed by atoms with Crippen molar-refractivity contribution in [2.45, 2.75) is 26.3 Å². The summed E-state index contributed by atoms with van der Waals surface area (Å²) in [5.41, 5.74) is 2.81. The fourth-order valence-electron chi connectivity index (χ4n) is 4.19. The van der Waals surface area contributed by atoms with Crippen molar-refractivity contribution in [2.75, 3.05) is 18.6 Å². The molecular formula is C28H27NO5. The zero-order valence-electron chi connectivity index (χ0n) is 19.4. The monoisotopic (exact) mass is 457 g/mol. The van der Waals surface area contributed by atoms with E-state index in [0.717, 1.165) is 12.0 Å². The highest BCUT2D eigenvalue weighted by atomic mass is 16.5. The molecule has 1 unspecified atom stereocenters. The van der Waals surface area contributed by atoms with Gasteiger partial charge in [-0.2, -0.15) is 0 Å². The van der Waals surface area contributed by atoms with Crippen molar-refractivity contribution < 1.29 is 24.2 Å². The predicted octanol–water partition coefficient (Wildman–Crippen LogP) is 5.28. The number of ketones is 1. The number of rotatable bonds is 7. The fourth-order valence-corrected chi connectivity index (χ4v) is 4.19. The van der Waals surface area contributed by atoms with E-state index in [-0.39, 0.29) is 11.3 Å². The standard InChI is InChI=1S/C28H27NO5/c1-4-18-11-14-21(15-12-18)29-25(20-13-16-22(33-3)23(17-20)34-5-2)24(27(31)28(29)32)26(30)19-9-7-6-8-10-19/h6-17,25,30H,4-5H2,1-3H3/b26-24-. The Bertz CT molecular complexity index is 1230. The molecule has 0 saturated carbocycles. The predicted molar refractivity (Wildman–Crippen MR) is 131 cm³/mol. The summed E-state index contributed by atoms with van der Waals surface area (Å²) < 4.78 is 11.1. The summed E-state index contributed by atoms with van der Waals surface area (Å²) in [5, 5.41) is 11.2. The molecule has 1 heterocycles. The Morgan fingerprint density at radius 3 is 2.26 bits per heavy atom. The molecule has 6 heteroatoms. The lowest BCUT2D eigenvalue weighted by molar-refractivity contribution is -0.132. The van der Waals surface area contributed by atoms with E-state index in [1.54, 1.807) is 49.6 Å². The summed E-state index contributed by atoms with van der Waals surface area (Å²) >= 11 is 0. The number of anilines is 1. The van der Waals surface area contributed by atoms with Crippen LogP contribution in [0.4, 0.5) is 5.69 Å². The molecule has 1 fully saturated rings. The minimum Gasteiger partial charge on any atom is -0.507 e. The van der Waals surface area contributed by atoms with E-state index < -0.39 is 17.7 Å². The average Bonchev–Trinajstić information content (AvgIpc) is 3.14. The van der Waals surface area contributed by atoms with Crippen molar-refractivity contribution in [3.63, 3.8) is 0 Å². The molecular weight excluding hydrogens is 430 g/mol. The first-order chi connectivity index (χ1) is 16.5. The van der Waals surface area contributed by atoms with E-state index in [4.69, 9.17) is 9.47 Å². The number of nitrogens with zero attached hydrogens (tertiary/aromatic N) is 1. The molecule has 1 atom stereocenters. The van der Waals surface area contributed by atoms with Gasteiger partial charge in [-0.25, -0.2) is 0 Å². The molecule has 1 amide bonds. The lowest BCUT2D eigenvalue weighted by atomic mass is 9.94. The lowest BCUT2D eigenvalue weighted by Crippen LogP contribution is -2.29. The summed E-state index contributed by atoms with van der Waals surface area (Å²) in [4.78, 5) is 28.0. The van der Waals surface area contributed by atoms with Crippen LogP contribution >= 0.6 is 0 Å². The normalized spacial score (nSPS) is 17.1. The largest absolute Gasteiger partial charge is 0.507 e. The second kappa shape index (κ2) is 9.83. The van der Waals surface area contributed by atoms with Crippen molar-refractivity contribution >= 4 is 23.1 Å². The summed E-state index contributed by atoms with van der Waals surface area (Å²) in [6.07, 6.45) is 0.854. The fraction of sp³-hybridized carbons (Fsp3) is 0.214. The van der Waals surface area contributed by atoms with Gasteiger partial charge in [0.15, 0.2) is 11.5 Å². The molecule has 174 valence electrons. The van der Waals surface area contributed by atoms with E-state index in [1.807, 2.05) is 44.2 Å². The third-order valence-corrected chi connectivity index (χ3v) is 5.92. The van der Waals surface area contributed by atoms with E-state index in [0.29, 0.717) is 34.9 Å². The maximum atomic E-state index is 13.3. The zero-order chi connectivity index (χ0) is 24.2. The first kappa shape index (κ1) is 23.1. The minimum atomic E-state index is -0.835. The highest BCUT2D eigenvalue weighted by molar-refractivity contribution is 6.51. The van der Waals surface area contributed by atoms with Crippen LogP contribution in [-0.2, 0) is 16.0 Å². The number of aryl methyl sites for hydroxylation is 1. The van der Waals surface area contributed by atoms with Crippen molar-refractivity contribution in [3.05, 3.63) is 95.1 Å². The molecule has 1 aliphatic heterocycles. The number of aliphatic hydroxyl groups is 1. The van der Waals surface area contributed by atoms with Gasteiger partial charge in [0.25, 0.3) is 11.7 Å². The second-order valence-electron chi connectivity index (χ2n) is 7.90. The molecule has 1 aliphatic rings. The van der Waals surface area contributed by atoms with Gasteiger partial charge in [-0.15, -0.1) is 0 Å². The Balaban J connectivity index is 1.94. The Kier molecular flexibility index (Phi) is 6.68.